The Bertz CT molecular complexity index is 2060. The molecule has 5 aromatic rings. The number of oxime groups is 2. The zero-order chi connectivity index (χ0) is 43.0. The van der Waals surface area contributed by atoms with E-state index < -0.39 is 24.1 Å². The number of para-hydroxylation sites is 1. The van der Waals surface area contributed by atoms with Crippen molar-refractivity contribution in [2.24, 2.45) is 10.3 Å². The molecule has 2 atom stereocenters. The number of nitrogens with zero attached hydrogens (tertiary/aromatic N) is 4. The van der Waals surface area contributed by atoms with E-state index in [1.165, 1.54) is 0 Å². The number of carboxylic acid groups (broad SMARTS) is 2. The van der Waals surface area contributed by atoms with E-state index in [-0.39, 0.29) is 18.9 Å². The van der Waals surface area contributed by atoms with Crippen LogP contribution in [-0.4, -0.2) is 89.0 Å². The highest BCUT2D eigenvalue weighted by Gasteiger charge is 2.20. The molecule has 0 saturated heterocycles. The third-order valence-corrected chi connectivity index (χ3v) is 8.30. The van der Waals surface area contributed by atoms with Crippen LogP contribution in [0.1, 0.15) is 57.6 Å². The van der Waals surface area contributed by atoms with Crippen molar-refractivity contribution in [2.75, 3.05) is 33.0 Å². The Morgan fingerprint density at radius 3 is 1.75 bits per heavy atom. The molecule has 0 aliphatic carbocycles. The van der Waals surface area contributed by atoms with Crippen molar-refractivity contribution in [3.05, 3.63) is 126 Å². The molecule has 0 aliphatic heterocycles. The predicted octanol–water partition coefficient (Wildman–Crippen LogP) is 7.92. The molecule has 1 aromatic heterocycles. The first-order chi connectivity index (χ1) is 29.2. The number of carboxylic acids is 2. The van der Waals surface area contributed by atoms with Crippen molar-refractivity contribution >= 4 is 23.4 Å². The van der Waals surface area contributed by atoms with Gasteiger partial charge in [0.15, 0.2) is 23.7 Å². The molecule has 0 spiro atoms. The van der Waals surface area contributed by atoms with E-state index in [1.54, 1.807) is 38.1 Å². The summed E-state index contributed by atoms with van der Waals surface area (Å²) in [6.45, 7) is 9.09. The summed E-state index contributed by atoms with van der Waals surface area (Å²) in [5, 5.41) is 34.7. The summed E-state index contributed by atoms with van der Waals surface area (Å²) in [6, 6.07) is 33.3. The van der Waals surface area contributed by atoms with Crippen LogP contribution in [0, 0.1) is 0 Å². The van der Waals surface area contributed by atoms with Gasteiger partial charge in [-0.1, -0.05) is 77.9 Å². The van der Waals surface area contributed by atoms with Gasteiger partial charge in [-0.2, -0.15) is 0 Å². The van der Waals surface area contributed by atoms with Crippen molar-refractivity contribution < 1.29 is 52.8 Å². The Kier molecular flexibility index (Phi) is 19.8. The summed E-state index contributed by atoms with van der Waals surface area (Å²) < 4.78 is 27.8. The van der Waals surface area contributed by atoms with Crippen molar-refractivity contribution in [1.82, 2.24) is 10.2 Å². The second kappa shape index (κ2) is 25.7. The van der Waals surface area contributed by atoms with Crippen LogP contribution in [0.5, 0.6) is 17.2 Å². The smallest absolute Gasteiger partial charge is 0.333 e. The third-order valence-electron chi connectivity index (χ3n) is 8.30. The molecule has 1 heterocycles. The van der Waals surface area contributed by atoms with E-state index in [2.05, 4.69) is 20.5 Å². The lowest BCUT2D eigenvalue weighted by Gasteiger charge is -2.13. The molecule has 5 rings (SSSR count). The minimum atomic E-state index is -0.987. The molecule has 0 amide bonds. The number of rotatable bonds is 24. The van der Waals surface area contributed by atoms with Gasteiger partial charge in [0.2, 0.25) is 5.89 Å². The second-order valence-corrected chi connectivity index (χ2v) is 13.0. The van der Waals surface area contributed by atoms with Gasteiger partial charge in [-0.05, 0) is 86.8 Å². The number of aliphatic carboxylic acids is 2. The maximum atomic E-state index is 11.3. The first-order valence-corrected chi connectivity index (χ1v) is 19.6. The molecular formula is C45H52N4O11. The minimum Gasteiger partial charge on any atom is -0.493 e. The highest BCUT2D eigenvalue weighted by Crippen LogP contribution is 2.20. The average molecular weight is 825 g/mol. The van der Waals surface area contributed by atoms with Gasteiger partial charge in [0.05, 0.1) is 12.3 Å². The van der Waals surface area contributed by atoms with E-state index in [0.29, 0.717) is 62.4 Å². The van der Waals surface area contributed by atoms with E-state index >= 15 is 0 Å². The van der Waals surface area contributed by atoms with Crippen LogP contribution < -0.4 is 14.3 Å². The standard InChI is InChI=1S/C24H27N3O6.C21H25NO5/c1-3-14-32-27-20(23-26-25-22(33-23)18-8-6-5-7-9-18)16-31-19-12-10-17(11-13-19)15-21(24(28)29)30-4-2;1-3-25-20(21(23)24)15-17-9-11-18(12-10-17)26-14-13-16(2)22-27-19-7-5-4-6-8-19/h5-13,21H,3-4,14-16H2,1-2H3,(H,28,29);4-12,20H,3,13-15H2,1-2H3,(H,23,24)/b;22-16+. The maximum absolute atomic E-state index is 11.3. The predicted molar refractivity (Wildman–Crippen MR) is 225 cm³/mol. The molecule has 2 N–H and O–H groups in total. The number of aromatic nitrogens is 2. The van der Waals surface area contributed by atoms with Crippen LogP contribution in [0.25, 0.3) is 11.5 Å². The molecule has 0 aliphatic rings. The van der Waals surface area contributed by atoms with Crippen molar-refractivity contribution in [3.8, 4) is 28.7 Å². The molecule has 318 valence electrons. The summed E-state index contributed by atoms with van der Waals surface area (Å²) in [4.78, 5) is 33.1. The summed E-state index contributed by atoms with van der Waals surface area (Å²) in [5.41, 5.74) is 3.71. The molecule has 2 unspecified atom stereocenters. The molecule has 0 bridgehead atoms. The van der Waals surface area contributed by atoms with Crippen LogP contribution in [0.3, 0.4) is 0 Å². The zero-order valence-corrected chi connectivity index (χ0v) is 34.3. The van der Waals surface area contributed by atoms with E-state index in [4.69, 9.17) is 38.1 Å². The van der Waals surface area contributed by atoms with Gasteiger partial charge in [-0.25, -0.2) is 9.59 Å². The van der Waals surface area contributed by atoms with Crippen molar-refractivity contribution in [2.45, 2.75) is 65.6 Å². The van der Waals surface area contributed by atoms with Crippen LogP contribution in [0.2, 0.25) is 0 Å². The fraction of sp³-hybridized carbons (Fsp3) is 0.333. The lowest BCUT2D eigenvalue weighted by molar-refractivity contribution is -0.150. The van der Waals surface area contributed by atoms with Crippen LogP contribution in [0.4, 0.5) is 0 Å². The fourth-order valence-electron chi connectivity index (χ4n) is 5.21. The number of benzene rings is 4. The van der Waals surface area contributed by atoms with Gasteiger partial charge in [-0.3, -0.25) is 0 Å². The normalized spacial score (nSPS) is 12.4. The molecule has 15 nitrogen and oxygen atoms in total. The van der Waals surface area contributed by atoms with Gasteiger partial charge >= 0.3 is 11.9 Å². The summed E-state index contributed by atoms with van der Waals surface area (Å²) in [5.74, 6) is 0.638. The topological polar surface area (TPSA) is 194 Å². The lowest BCUT2D eigenvalue weighted by Crippen LogP contribution is -2.26. The first kappa shape index (κ1) is 46.1. The molecule has 0 saturated carbocycles. The first-order valence-electron chi connectivity index (χ1n) is 19.6. The minimum absolute atomic E-state index is 0.0518. The SMILES string of the molecule is CCCON=C(COc1ccc(CC(OCC)C(=O)O)cc1)c1nnc(-c2ccccc2)o1.CCOC(Cc1ccc(OCC/C(C)=N/Oc2ccccc2)cc1)C(=O)O. The Morgan fingerprint density at radius 1 is 0.667 bits per heavy atom. The highest BCUT2D eigenvalue weighted by atomic mass is 16.6. The molecule has 0 radical (unpaired) electrons. The molecular weight excluding hydrogens is 773 g/mol. The Labute approximate surface area is 349 Å². The largest absolute Gasteiger partial charge is 0.493 e. The van der Waals surface area contributed by atoms with Gasteiger partial charge in [-0.15, -0.1) is 10.2 Å². The monoisotopic (exact) mass is 824 g/mol. The number of hydrogen-bond donors (Lipinski definition) is 2. The summed E-state index contributed by atoms with van der Waals surface area (Å²) >= 11 is 0. The van der Waals surface area contributed by atoms with E-state index in [0.717, 1.165) is 34.6 Å². The van der Waals surface area contributed by atoms with Crippen LogP contribution in [0.15, 0.2) is 124 Å². The maximum Gasteiger partial charge on any atom is 0.333 e. The van der Waals surface area contributed by atoms with Gasteiger partial charge < -0.3 is 43.3 Å². The fourth-order valence-corrected chi connectivity index (χ4v) is 5.21. The van der Waals surface area contributed by atoms with Gasteiger partial charge in [0.25, 0.3) is 5.89 Å². The number of ether oxygens (including phenoxy) is 4. The highest BCUT2D eigenvalue weighted by molar-refractivity contribution is 5.97. The number of carbonyl (C=O) groups is 2. The summed E-state index contributed by atoms with van der Waals surface area (Å²) in [6.07, 6.45) is 0.326. The molecule has 15 heteroatoms. The van der Waals surface area contributed by atoms with Gasteiger partial charge in [0, 0.05) is 38.0 Å². The van der Waals surface area contributed by atoms with E-state index in [1.807, 2.05) is 98.8 Å². The third kappa shape index (κ3) is 16.3. The molecule has 4 aromatic carbocycles. The number of hydrogen-bond acceptors (Lipinski definition) is 13. The molecule has 0 fully saturated rings. The van der Waals surface area contributed by atoms with Crippen LogP contribution in [-0.2, 0) is 36.7 Å². The Hall–Kier alpha value is -6.58. The lowest BCUT2D eigenvalue weighted by atomic mass is 10.1. The average Bonchev–Trinajstić information content (AvgIpc) is 3.76. The van der Waals surface area contributed by atoms with Crippen molar-refractivity contribution in [1.29, 1.82) is 0 Å². The summed E-state index contributed by atoms with van der Waals surface area (Å²) in [7, 11) is 0. The van der Waals surface area contributed by atoms with E-state index in [9.17, 15) is 14.7 Å². The Morgan fingerprint density at radius 2 is 1.22 bits per heavy atom. The zero-order valence-electron chi connectivity index (χ0n) is 34.3. The Balaban J connectivity index is 0.000000270. The molecule has 60 heavy (non-hydrogen) atoms. The van der Waals surface area contributed by atoms with Gasteiger partial charge in [0.1, 0.15) is 24.7 Å². The van der Waals surface area contributed by atoms with Crippen molar-refractivity contribution in [3.63, 3.8) is 0 Å². The second-order valence-electron chi connectivity index (χ2n) is 13.0. The van der Waals surface area contributed by atoms with Crippen LogP contribution >= 0.6 is 0 Å². The quantitative estimate of drug-likeness (QED) is 0.0347.